The maximum absolute atomic E-state index is 12.1. The fraction of sp³-hybridized carbons (Fsp3) is 0.118. The van der Waals surface area contributed by atoms with Gasteiger partial charge in [0, 0.05) is 4.47 Å². The van der Waals surface area contributed by atoms with Gasteiger partial charge >= 0.3 is 5.97 Å². The molecule has 0 fully saturated rings. The minimum atomic E-state index is -1.11. The molecule has 0 unspecified atom stereocenters. The standard InChI is InChI=1S/C17H13BrN2O4/c1-10(16(22)20-14-5-3-2-4-11(14)9-19)24-17(23)13-8-12(18)6-7-15(13)21/h2-8,10,21H,1H3,(H,20,22)/t10-/m1/s1. The van der Waals surface area contributed by atoms with Crippen molar-refractivity contribution in [2.75, 3.05) is 5.32 Å². The van der Waals surface area contributed by atoms with Gasteiger partial charge in [0.1, 0.15) is 17.4 Å². The monoisotopic (exact) mass is 388 g/mol. The van der Waals surface area contributed by atoms with Crippen LogP contribution < -0.4 is 5.32 Å². The van der Waals surface area contributed by atoms with E-state index in [0.29, 0.717) is 15.7 Å². The summed E-state index contributed by atoms with van der Waals surface area (Å²) in [6.07, 6.45) is -1.11. The molecule has 0 aliphatic carbocycles. The van der Waals surface area contributed by atoms with Gasteiger partial charge in [-0.1, -0.05) is 28.1 Å². The molecule has 0 radical (unpaired) electrons. The van der Waals surface area contributed by atoms with Crippen molar-refractivity contribution in [2.24, 2.45) is 0 Å². The molecule has 0 spiro atoms. The van der Waals surface area contributed by atoms with Gasteiger partial charge < -0.3 is 15.2 Å². The smallest absolute Gasteiger partial charge is 0.342 e. The van der Waals surface area contributed by atoms with Crippen LogP contribution in [-0.2, 0) is 9.53 Å². The van der Waals surface area contributed by atoms with E-state index in [0.717, 1.165) is 0 Å². The number of phenols is 1. The number of rotatable bonds is 4. The van der Waals surface area contributed by atoms with E-state index in [9.17, 15) is 14.7 Å². The molecule has 0 aromatic heterocycles. The number of nitrogens with zero attached hydrogens (tertiary/aromatic N) is 1. The van der Waals surface area contributed by atoms with E-state index >= 15 is 0 Å². The topological polar surface area (TPSA) is 99.4 Å². The summed E-state index contributed by atoms with van der Waals surface area (Å²) >= 11 is 3.19. The van der Waals surface area contributed by atoms with Crippen LogP contribution in [0.3, 0.4) is 0 Å². The van der Waals surface area contributed by atoms with E-state index in [1.165, 1.54) is 19.1 Å². The Balaban J connectivity index is 2.07. The Morgan fingerprint density at radius 2 is 2.00 bits per heavy atom. The van der Waals surface area contributed by atoms with Crippen LogP contribution >= 0.6 is 15.9 Å². The van der Waals surface area contributed by atoms with Crippen LogP contribution in [-0.4, -0.2) is 23.1 Å². The minimum Gasteiger partial charge on any atom is -0.507 e. The zero-order valence-corrected chi connectivity index (χ0v) is 14.2. The fourth-order valence-corrected chi connectivity index (χ4v) is 2.23. The second-order valence-electron chi connectivity index (χ2n) is 4.86. The van der Waals surface area contributed by atoms with Gasteiger partial charge in [-0.15, -0.1) is 0 Å². The van der Waals surface area contributed by atoms with E-state index < -0.39 is 18.0 Å². The van der Waals surface area contributed by atoms with E-state index in [1.54, 1.807) is 30.3 Å². The number of carbonyl (C=O) groups excluding carboxylic acids is 2. The first-order chi connectivity index (χ1) is 11.4. The van der Waals surface area contributed by atoms with Crippen molar-refractivity contribution in [3.8, 4) is 11.8 Å². The van der Waals surface area contributed by atoms with Gasteiger partial charge in [-0.25, -0.2) is 4.79 Å². The van der Waals surface area contributed by atoms with E-state index in [1.807, 2.05) is 6.07 Å². The first kappa shape index (κ1) is 17.5. The summed E-state index contributed by atoms with van der Waals surface area (Å²) in [6, 6.07) is 12.8. The predicted octanol–water partition coefficient (Wildman–Crippen LogP) is 3.21. The third kappa shape index (κ3) is 4.12. The first-order valence-corrected chi connectivity index (χ1v) is 7.71. The van der Waals surface area contributed by atoms with Crippen molar-refractivity contribution in [3.63, 3.8) is 0 Å². The number of hydrogen-bond acceptors (Lipinski definition) is 5. The quantitative estimate of drug-likeness (QED) is 0.783. The largest absolute Gasteiger partial charge is 0.507 e. The van der Waals surface area contributed by atoms with Gasteiger partial charge in [-0.05, 0) is 37.3 Å². The third-order valence-corrected chi connectivity index (χ3v) is 3.63. The van der Waals surface area contributed by atoms with Gasteiger partial charge in [0.2, 0.25) is 0 Å². The molecule has 0 aliphatic heterocycles. The number of nitriles is 1. The number of nitrogens with one attached hydrogen (secondary N) is 1. The molecular formula is C17H13BrN2O4. The van der Waals surface area contributed by atoms with Crippen molar-refractivity contribution < 1.29 is 19.4 Å². The number of amides is 1. The fourth-order valence-electron chi connectivity index (χ4n) is 1.87. The number of carbonyl (C=O) groups is 2. The zero-order valence-electron chi connectivity index (χ0n) is 12.6. The lowest BCUT2D eigenvalue weighted by molar-refractivity contribution is -0.123. The molecule has 7 heteroatoms. The highest BCUT2D eigenvalue weighted by molar-refractivity contribution is 9.10. The van der Waals surface area contributed by atoms with Crippen LogP contribution in [0.15, 0.2) is 46.9 Å². The number of halogens is 1. The number of hydrogen-bond donors (Lipinski definition) is 2. The van der Waals surface area contributed by atoms with Crippen LogP contribution in [0.4, 0.5) is 5.69 Å². The summed E-state index contributed by atoms with van der Waals surface area (Å²) in [5.74, 6) is -1.66. The van der Waals surface area contributed by atoms with Crippen LogP contribution in [0, 0.1) is 11.3 Å². The Hall–Kier alpha value is -2.85. The molecule has 2 N–H and O–H groups in total. The van der Waals surface area contributed by atoms with Gasteiger partial charge in [0.15, 0.2) is 6.10 Å². The van der Waals surface area contributed by atoms with Crippen molar-refractivity contribution in [1.82, 2.24) is 0 Å². The third-order valence-electron chi connectivity index (χ3n) is 3.14. The molecule has 0 heterocycles. The maximum Gasteiger partial charge on any atom is 0.342 e. The Kier molecular flexibility index (Phi) is 5.55. The average molecular weight is 389 g/mol. The van der Waals surface area contributed by atoms with Crippen LogP contribution in [0.2, 0.25) is 0 Å². The second kappa shape index (κ2) is 7.62. The summed E-state index contributed by atoms with van der Waals surface area (Å²) < 4.78 is 5.66. The minimum absolute atomic E-state index is 0.0542. The number of esters is 1. The Morgan fingerprint density at radius 3 is 2.71 bits per heavy atom. The molecule has 1 atom stereocenters. The molecule has 6 nitrogen and oxygen atoms in total. The summed E-state index contributed by atoms with van der Waals surface area (Å²) in [6.45, 7) is 1.40. The van der Waals surface area contributed by atoms with Gasteiger partial charge in [0.05, 0.1) is 11.3 Å². The van der Waals surface area contributed by atoms with E-state index in [4.69, 9.17) is 10.00 Å². The summed E-state index contributed by atoms with van der Waals surface area (Å²) in [5, 5.41) is 21.2. The maximum atomic E-state index is 12.1. The number of anilines is 1. The molecule has 0 bridgehead atoms. The van der Waals surface area contributed by atoms with Crippen molar-refractivity contribution in [1.29, 1.82) is 5.26 Å². The molecule has 2 rings (SSSR count). The molecule has 122 valence electrons. The molecule has 2 aromatic carbocycles. The van der Waals surface area contributed by atoms with Crippen molar-refractivity contribution in [2.45, 2.75) is 13.0 Å². The first-order valence-electron chi connectivity index (χ1n) is 6.92. The zero-order chi connectivity index (χ0) is 17.7. The number of phenolic OH excluding ortho intramolecular Hbond substituents is 1. The summed E-state index contributed by atoms with van der Waals surface area (Å²) in [7, 11) is 0. The van der Waals surface area contributed by atoms with E-state index in [2.05, 4.69) is 21.2 Å². The van der Waals surface area contributed by atoms with Crippen LogP contribution in [0.1, 0.15) is 22.8 Å². The molecule has 0 saturated heterocycles. The number of benzene rings is 2. The number of aromatic hydroxyl groups is 1. The molecule has 1 amide bonds. The Bertz CT molecular complexity index is 830. The van der Waals surface area contributed by atoms with Gasteiger partial charge in [-0.2, -0.15) is 5.26 Å². The highest BCUT2D eigenvalue weighted by Crippen LogP contribution is 2.23. The van der Waals surface area contributed by atoms with Gasteiger partial charge in [-0.3, -0.25) is 4.79 Å². The number of para-hydroxylation sites is 1. The molecular weight excluding hydrogens is 376 g/mol. The molecule has 0 aliphatic rings. The Morgan fingerprint density at radius 1 is 1.29 bits per heavy atom. The Labute approximate surface area is 146 Å². The van der Waals surface area contributed by atoms with Crippen LogP contribution in [0.25, 0.3) is 0 Å². The molecule has 24 heavy (non-hydrogen) atoms. The van der Waals surface area contributed by atoms with Crippen molar-refractivity contribution in [3.05, 3.63) is 58.1 Å². The predicted molar refractivity (Wildman–Crippen MR) is 90.5 cm³/mol. The number of ether oxygens (including phenoxy) is 1. The SMILES string of the molecule is C[C@@H](OC(=O)c1cc(Br)ccc1O)C(=O)Nc1ccccc1C#N. The summed E-state index contributed by atoms with van der Waals surface area (Å²) in [4.78, 5) is 24.2. The van der Waals surface area contributed by atoms with Gasteiger partial charge in [0.25, 0.3) is 5.91 Å². The normalized spacial score (nSPS) is 11.2. The summed E-state index contributed by atoms with van der Waals surface area (Å²) in [5.41, 5.74) is 0.577. The lowest BCUT2D eigenvalue weighted by Crippen LogP contribution is -2.30. The highest BCUT2D eigenvalue weighted by atomic mass is 79.9. The molecule has 2 aromatic rings. The van der Waals surface area contributed by atoms with E-state index in [-0.39, 0.29) is 11.3 Å². The second-order valence-corrected chi connectivity index (χ2v) is 5.77. The lowest BCUT2D eigenvalue weighted by atomic mass is 10.2. The average Bonchev–Trinajstić information content (AvgIpc) is 2.57. The van der Waals surface area contributed by atoms with Crippen LogP contribution in [0.5, 0.6) is 5.75 Å². The van der Waals surface area contributed by atoms with Crippen molar-refractivity contribution >= 4 is 33.5 Å². The lowest BCUT2D eigenvalue weighted by Gasteiger charge is -2.14. The highest BCUT2D eigenvalue weighted by Gasteiger charge is 2.21. The molecule has 0 saturated carbocycles.